The van der Waals surface area contributed by atoms with Gasteiger partial charge in [0.05, 0.1) is 23.3 Å². The number of anilines is 3. The van der Waals surface area contributed by atoms with Gasteiger partial charge in [0.1, 0.15) is 23.9 Å². The highest BCUT2D eigenvalue weighted by molar-refractivity contribution is 6.02. The van der Waals surface area contributed by atoms with E-state index in [4.69, 9.17) is 4.74 Å². The molecule has 176 valence electrons. The number of aryl methyl sites for hydroxylation is 1. The molecule has 3 aromatic carbocycles. The lowest BCUT2D eigenvalue weighted by Gasteiger charge is -2.23. The van der Waals surface area contributed by atoms with Crippen LogP contribution < -0.4 is 15.6 Å². The lowest BCUT2D eigenvalue weighted by Crippen LogP contribution is -2.21. The van der Waals surface area contributed by atoms with E-state index in [1.54, 1.807) is 35.8 Å². The van der Waals surface area contributed by atoms with E-state index in [0.29, 0.717) is 27.5 Å². The molecule has 0 atom stereocenters. The molecule has 8 heteroatoms. The summed E-state index contributed by atoms with van der Waals surface area (Å²) in [4.78, 5) is 27.9. The molecule has 0 unspecified atom stereocenters. The van der Waals surface area contributed by atoms with Gasteiger partial charge >= 0.3 is 5.97 Å². The molecule has 0 saturated heterocycles. The summed E-state index contributed by atoms with van der Waals surface area (Å²) >= 11 is 0. The second-order valence-electron chi connectivity index (χ2n) is 8.20. The maximum absolute atomic E-state index is 14.2. The molecular weight excluding hydrogens is 440 g/mol. The highest BCUT2D eigenvalue weighted by Crippen LogP contribution is 2.32. The van der Waals surface area contributed by atoms with Crippen molar-refractivity contribution in [2.24, 2.45) is 0 Å². The zero-order valence-electron chi connectivity index (χ0n) is 19.4. The van der Waals surface area contributed by atoms with Crippen LogP contribution in [-0.4, -0.2) is 31.2 Å². The van der Waals surface area contributed by atoms with Crippen molar-refractivity contribution in [1.82, 2.24) is 4.57 Å². The molecule has 0 aliphatic carbocycles. The molecule has 0 spiro atoms. The molecule has 1 N–H and O–H groups in total. The fourth-order valence-corrected chi connectivity index (χ4v) is 4.25. The Balaban J connectivity index is 2.04. The van der Waals surface area contributed by atoms with Crippen molar-refractivity contribution >= 4 is 44.8 Å². The van der Waals surface area contributed by atoms with Crippen molar-refractivity contribution in [3.63, 3.8) is 0 Å². The molecule has 4 aromatic rings. The van der Waals surface area contributed by atoms with Crippen LogP contribution in [-0.2, 0) is 16.1 Å². The topological polar surface area (TPSA) is 63.6 Å². The van der Waals surface area contributed by atoms with Gasteiger partial charge in [-0.2, -0.15) is 0 Å². The van der Waals surface area contributed by atoms with Crippen LogP contribution in [0.2, 0.25) is 0 Å². The number of pyridine rings is 1. The van der Waals surface area contributed by atoms with Gasteiger partial charge < -0.3 is 19.5 Å². The maximum atomic E-state index is 14.2. The van der Waals surface area contributed by atoms with E-state index in [2.05, 4.69) is 5.32 Å². The number of carbonyl (C=O) groups excluding carboxylic acids is 1. The van der Waals surface area contributed by atoms with Crippen LogP contribution in [0.25, 0.3) is 21.8 Å². The van der Waals surface area contributed by atoms with Gasteiger partial charge in [0.15, 0.2) is 5.43 Å². The molecule has 0 saturated carbocycles. The third kappa shape index (κ3) is 4.07. The van der Waals surface area contributed by atoms with Crippen molar-refractivity contribution < 1.29 is 18.3 Å². The zero-order chi connectivity index (χ0) is 24.6. The quantitative estimate of drug-likeness (QED) is 0.317. The molecule has 1 heterocycles. The van der Waals surface area contributed by atoms with Crippen LogP contribution >= 0.6 is 0 Å². The summed E-state index contributed by atoms with van der Waals surface area (Å²) in [7, 11) is 3.73. The fourth-order valence-electron chi connectivity index (χ4n) is 4.25. The molecule has 34 heavy (non-hydrogen) atoms. The van der Waals surface area contributed by atoms with E-state index in [1.807, 2.05) is 32.0 Å². The van der Waals surface area contributed by atoms with Gasteiger partial charge in [0.25, 0.3) is 0 Å². The number of rotatable bonds is 6. The Bertz CT molecular complexity index is 1460. The number of carbonyl (C=O) groups is 1. The summed E-state index contributed by atoms with van der Waals surface area (Å²) in [5.74, 6) is -1.94. The number of aromatic nitrogens is 1. The largest absolute Gasteiger partial charge is 0.465 e. The number of hydrogen-bond donors (Lipinski definition) is 1. The number of esters is 1. The monoisotopic (exact) mass is 465 g/mol. The number of hydrogen-bond acceptors (Lipinski definition) is 5. The minimum Gasteiger partial charge on any atom is -0.465 e. The number of fused-ring (bicyclic) bond motifs is 2. The number of benzene rings is 3. The van der Waals surface area contributed by atoms with E-state index in [9.17, 15) is 18.4 Å². The van der Waals surface area contributed by atoms with Crippen LogP contribution in [0, 0.1) is 18.6 Å². The highest BCUT2D eigenvalue weighted by atomic mass is 19.1. The number of halogens is 2. The molecule has 0 amide bonds. The van der Waals surface area contributed by atoms with Gasteiger partial charge in [0, 0.05) is 30.6 Å². The number of nitrogens with one attached hydrogen (secondary N) is 1. The van der Waals surface area contributed by atoms with Crippen LogP contribution in [0.5, 0.6) is 0 Å². The van der Waals surface area contributed by atoms with Gasteiger partial charge in [-0.1, -0.05) is 12.1 Å². The molecule has 0 radical (unpaired) electrons. The van der Waals surface area contributed by atoms with E-state index < -0.39 is 17.6 Å². The molecular formula is C26H25F2N3O3. The summed E-state index contributed by atoms with van der Waals surface area (Å²) in [6.45, 7) is 3.73. The van der Waals surface area contributed by atoms with Gasteiger partial charge in [0.2, 0.25) is 0 Å². The lowest BCUT2D eigenvalue weighted by molar-refractivity contribution is -0.143. The standard InChI is InChI=1S/C26H25F2N3O3/c1-5-34-22(32)14-31-21-13-16(29-23-19(27)7-6-8-20(23)28)10-12-17(21)26(33)18-11-9-15(2)24(25(18)31)30(3)4/h6-13,29H,5,14H2,1-4H3. The third-order valence-corrected chi connectivity index (χ3v) is 5.67. The van der Waals surface area contributed by atoms with Crippen molar-refractivity contribution in [2.45, 2.75) is 20.4 Å². The van der Waals surface area contributed by atoms with Gasteiger partial charge in [-0.3, -0.25) is 9.59 Å². The van der Waals surface area contributed by atoms with Crippen LogP contribution in [0.3, 0.4) is 0 Å². The Morgan fingerprint density at radius 1 is 1.06 bits per heavy atom. The van der Waals surface area contributed by atoms with E-state index in [-0.39, 0.29) is 24.3 Å². The van der Waals surface area contributed by atoms with E-state index in [0.717, 1.165) is 23.4 Å². The molecule has 0 aliphatic heterocycles. The van der Waals surface area contributed by atoms with Crippen molar-refractivity contribution in [3.8, 4) is 0 Å². The van der Waals surface area contributed by atoms with E-state index >= 15 is 0 Å². The lowest BCUT2D eigenvalue weighted by atomic mass is 10.0. The van der Waals surface area contributed by atoms with Crippen LogP contribution in [0.4, 0.5) is 25.8 Å². The van der Waals surface area contributed by atoms with Crippen molar-refractivity contribution in [1.29, 1.82) is 0 Å². The van der Waals surface area contributed by atoms with Crippen molar-refractivity contribution in [2.75, 3.05) is 30.9 Å². The fraction of sp³-hybridized carbons (Fsp3) is 0.231. The van der Waals surface area contributed by atoms with Crippen LogP contribution in [0.1, 0.15) is 12.5 Å². The highest BCUT2D eigenvalue weighted by Gasteiger charge is 2.20. The zero-order valence-corrected chi connectivity index (χ0v) is 19.4. The second kappa shape index (κ2) is 9.13. The Labute approximate surface area is 195 Å². The molecule has 0 fully saturated rings. The predicted octanol–water partition coefficient (Wildman–Crippen LogP) is 5.11. The Hall–Kier alpha value is -3.94. The summed E-state index contributed by atoms with van der Waals surface area (Å²) < 4.78 is 35.4. The molecule has 1 aromatic heterocycles. The summed E-state index contributed by atoms with van der Waals surface area (Å²) in [5, 5.41) is 3.61. The predicted molar refractivity (Wildman–Crippen MR) is 131 cm³/mol. The summed E-state index contributed by atoms with van der Waals surface area (Å²) in [5.41, 5.74) is 2.62. The smallest absolute Gasteiger partial charge is 0.325 e. The normalized spacial score (nSPS) is 11.1. The first-order chi connectivity index (χ1) is 16.2. The number of para-hydroxylation sites is 1. The number of ether oxygens (including phenoxy) is 1. The average Bonchev–Trinajstić information content (AvgIpc) is 2.78. The molecule has 0 aliphatic rings. The maximum Gasteiger partial charge on any atom is 0.325 e. The molecule has 0 bridgehead atoms. The summed E-state index contributed by atoms with van der Waals surface area (Å²) in [6, 6.07) is 12.0. The first-order valence-corrected chi connectivity index (χ1v) is 10.9. The minimum atomic E-state index is -0.743. The first-order valence-electron chi connectivity index (χ1n) is 10.9. The number of nitrogens with zero attached hydrogens (tertiary/aromatic N) is 2. The molecule has 6 nitrogen and oxygen atoms in total. The Kier molecular flexibility index (Phi) is 6.24. The van der Waals surface area contributed by atoms with E-state index in [1.165, 1.54) is 6.07 Å². The minimum absolute atomic E-state index is 0.136. The van der Waals surface area contributed by atoms with Gasteiger partial charge in [-0.05, 0) is 55.8 Å². The average molecular weight is 466 g/mol. The molecule has 4 rings (SSSR count). The van der Waals surface area contributed by atoms with Crippen LogP contribution in [0.15, 0.2) is 53.3 Å². The van der Waals surface area contributed by atoms with Crippen molar-refractivity contribution in [3.05, 3.63) is 76.0 Å². The second-order valence-corrected chi connectivity index (χ2v) is 8.20. The Morgan fingerprint density at radius 3 is 2.38 bits per heavy atom. The summed E-state index contributed by atoms with van der Waals surface area (Å²) in [6.07, 6.45) is 0. The SMILES string of the molecule is CCOC(=O)Cn1c2cc(Nc3c(F)cccc3F)ccc2c(=O)c2ccc(C)c(N(C)C)c21. The van der Waals surface area contributed by atoms with Gasteiger partial charge in [-0.25, -0.2) is 8.78 Å². The third-order valence-electron chi connectivity index (χ3n) is 5.67. The first kappa shape index (κ1) is 23.2. The van der Waals surface area contributed by atoms with Gasteiger partial charge in [-0.15, -0.1) is 0 Å². The Morgan fingerprint density at radius 2 is 1.74 bits per heavy atom.